The number of rotatable bonds is 3. The Morgan fingerprint density at radius 3 is 2.63 bits per heavy atom. The molecular formula is C12H15FN2O3S. The van der Waals surface area contributed by atoms with Gasteiger partial charge >= 0.3 is 0 Å². The molecule has 1 unspecified atom stereocenters. The number of benzene rings is 1. The molecule has 1 aromatic carbocycles. The number of anilines is 2. The molecule has 0 bridgehead atoms. The highest BCUT2D eigenvalue weighted by Gasteiger charge is 2.26. The number of fused-ring (bicyclic) bond motifs is 1. The Hall–Kier alpha value is -1.63. The summed E-state index contributed by atoms with van der Waals surface area (Å²) in [5.41, 5.74) is 1.45. The average molecular weight is 286 g/mol. The largest absolute Gasteiger partial charge is 0.372 e. The van der Waals surface area contributed by atoms with E-state index in [2.05, 4.69) is 10.6 Å². The molecule has 104 valence electrons. The third kappa shape index (κ3) is 3.23. The van der Waals surface area contributed by atoms with E-state index in [1.54, 1.807) is 13.0 Å². The molecule has 5 nitrogen and oxygen atoms in total. The first-order valence-corrected chi connectivity index (χ1v) is 7.87. The van der Waals surface area contributed by atoms with Gasteiger partial charge in [0.1, 0.15) is 21.7 Å². The molecule has 0 saturated carbocycles. The lowest BCUT2D eigenvalue weighted by Crippen LogP contribution is -2.40. The van der Waals surface area contributed by atoms with Crippen LogP contribution in [0, 0.1) is 12.7 Å². The van der Waals surface area contributed by atoms with Gasteiger partial charge in [-0.15, -0.1) is 0 Å². The summed E-state index contributed by atoms with van der Waals surface area (Å²) in [6.07, 6.45) is 1.31. The van der Waals surface area contributed by atoms with Crippen LogP contribution in [0.5, 0.6) is 0 Å². The van der Waals surface area contributed by atoms with E-state index in [1.807, 2.05) is 0 Å². The Labute approximate surface area is 111 Å². The predicted octanol–water partition coefficient (Wildman–Crippen LogP) is 1.30. The smallest absolute Gasteiger partial charge is 0.246 e. The van der Waals surface area contributed by atoms with Gasteiger partial charge in [0, 0.05) is 6.26 Å². The van der Waals surface area contributed by atoms with E-state index in [1.165, 1.54) is 6.07 Å². The molecule has 0 saturated heterocycles. The first-order valence-electron chi connectivity index (χ1n) is 5.81. The monoisotopic (exact) mass is 286 g/mol. The second-order valence-electron chi connectivity index (χ2n) is 4.75. The van der Waals surface area contributed by atoms with Crippen molar-refractivity contribution >= 4 is 27.1 Å². The van der Waals surface area contributed by atoms with Gasteiger partial charge in [-0.05, 0) is 31.0 Å². The van der Waals surface area contributed by atoms with E-state index in [0.29, 0.717) is 16.9 Å². The highest BCUT2D eigenvalue weighted by Crippen LogP contribution is 2.30. The Bertz CT molecular complexity index is 628. The van der Waals surface area contributed by atoms with Crippen LogP contribution in [-0.2, 0) is 14.6 Å². The van der Waals surface area contributed by atoms with Gasteiger partial charge in [-0.25, -0.2) is 12.8 Å². The molecule has 1 aliphatic rings. The summed E-state index contributed by atoms with van der Waals surface area (Å²) in [7, 11) is -3.12. The zero-order chi connectivity index (χ0) is 14.2. The average Bonchev–Trinajstić information content (AvgIpc) is 2.28. The van der Waals surface area contributed by atoms with Gasteiger partial charge in [-0.3, -0.25) is 4.79 Å². The molecule has 0 aliphatic carbocycles. The van der Waals surface area contributed by atoms with Gasteiger partial charge in [0.15, 0.2) is 0 Å². The van der Waals surface area contributed by atoms with Crippen LogP contribution in [0.4, 0.5) is 15.8 Å². The molecule has 1 aromatic rings. The van der Waals surface area contributed by atoms with Crippen LogP contribution in [0.1, 0.15) is 12.0 Å². The maximum absolute atomic E-state index is 13.4. The third-order valence-corrected chi connectivity index (χ3v) is 3.96. The van der Waals surface area contributed by atoms with Crippen LogP contribution in [0.3, 0.4) is 0 Å². The van der Waals surface area contributed by atoms with E-state index in [4.69, 9.17) is 0 Å². The molecule has 0 fully saturated rings. The normalized spacial score (nSPS) is 18.5. The molecule has 1 heterocycles. The zero-order valence-electron chi connectivity index (χ0n) is 10.7. The van der Waals surface area contributed by atoms with Gasteiger partial charge in [-0.2, -0.15) is 0 Å². The number of amides is 1. The first-order chi connectivity index (χ1) is 8.76. The molecule has 2 rings (SSSR count). The second kappa shape index (κ2) is 4.80. The molecule has 1 aliphatic heterocycles. The Morgan fingerprint density at radius 1 is 1.32 bits per heavy atom. The lowest BCUT2D eigenvalue weighted by molar-refractivity contribution is -0.117. The minimum atomic E-state index is -3.12. The highest BCUT2D eigenvalue weighted by atomic mass is 32.2. The number of halogens is 1. The third-order valence-electron chi connectivity index (χ3n) is 2.98. The Morgan fingerprint density at radius 2 is 2.00 bits per heavy atom. The summed E-state index contributed by atoms with van der Waals surface area (Å²) < 4.78 is 35.6. The first kappa shape index (κ1) is 13.8. The number of hydrogen-bond donors (Lipinski definition) is 2. The summed E-state index contributed by atoms with van der Waals surface area (Å²) in [4.78, 5) is 11.8. The highest BCUT2D eigenvalue weighted by molar-refractivity contribution is 7.90. The van der Waals surface area contributed by atoms with Crippen LogP contribution in [0.15, 0.2) is 12.1 Å². The molecule has 0 aromatic heterocycles. The van der Waals surface area contributed by atoms with Crippen molar-refractivity contribution in [3.63, 3.8) is 0 Å². The minimum Gasteiger partial charge on any atom is -0.372 e. The SMILES string of the molecule is Cc1cc2c(cc1F)NC(=O)C(CCS(C)(=O)=O)N2. The number of carbonyl (C=O) groups excluding carboxylic acids is 1. The molecule has 2 N–H and O–H groups in total. The lowest BCUT2D eigenvalue weighted by Gasteiger charge is -2.27. The standard InChI is InChI=1S/C12H15FN2O3S/c1-7-5-10-11(6-8(7)13)15-12(16)9(14-10)3-4-19(2,17)18/h5-6,9,14H,3-4H2,1-2H3,(H,15,16). The maximum atomic E-state index is 13.4. The maximum Gasteiger partial charge on any atom is 0.246 e. The molecule has 7 heteroatoms. The fraction of sp³-hybridized carbons (Fsp3) is 0.417. The summed E-state index contributed by atoms with van der Waals surface area (Å²) in [5.74, 6) is -0.817. The van der Waals surface area contributed by atoms with Crippen LogP contribution in [0.2, 0.25) is 0 Å². The Kier molecular flexibility index (Phi) is 3.49. The summed E-state index contributed by atoms with van der Waals surface area (Å²) in [6, 6.07) is 2.23. The van der Waals surface area contributed by atoms with Crippen LogP contribution in [0.25, 0.3) is 0 Å². The number of aryl methyl sites for hydroxylation is 1. The van der Waals surface area contributed by atoms with Crippen LogP contribution < -0.4 is 10.6 Å². The van der Waals surface area contributed by atoms with Crippen molar-refractivity contribution in [3.8, 4) is 0 Å². The van der Waals surface area contributed by atoms with Gasteiger partial charge in [-0.1, -0.05) is 0 Å². The number of carbonyl (C=O) groups is 1. The number of hydrogen-bond acceptors (Lipinski definition) is 4. The number of sulfone groups is 1. The fourth-order valence-electron chi connectivity index (χ4n) is 1.91. The van der Waals surface area contributed by atoms with Gasteiger partial charge in [0.25, 0.3) is 0 Å². The molecule has 1 atom stereocenters. The van der Waals surface area contributed by atoms with Gasteiger partial charge in [0.05, 0.1) is 17.1 Å². The van der Waals surface area contributed by atoms with Crippen molar-refractivity contribution < 1.29 is 17.6 Å². The van der Waals surface area contributed by atoms with Crippen LogP contribution >= 0.6 is 0 Å². The van der Waals surface area contributed by atoms with E-state index >= 15 is 0 Å². The van der Waals surface area contributed by atoms with Crippen molar-refractivity contribution in [2.45, 2.75) is 19.4 Å². The van der Waals surface area contributed by atoms with Crippen molar-refractivity contribution in [1.82, 2.24) is 0 Å². The minimum absolute atomic E-state index is 0.0758. The number of nitrogens with one attached hydrogen (secondary N) is 2. The topological polar surface area (TPSA) is 75.3 Å². The predicted molar refractivity (Wildman–Crippen MR) is 71.5 cm³/mol. The zero-order valence-corrected chi connectivity index (χ0v) is 11.5. The second-order valence-corrected chi connectivity index (χ2v) is 7.01. The summed E-state index contributed by atoms with van der Waals surface area (Å²) >= 11 is 0. The van der Waals surface area contributed by atoms with Crippen molar-refractivity contribution in [1.29, 1.82) is 0 Å². The van der Waals surface area contributed by atoms with E-state index in [0.717, 1.165) is 6.26 Å². The van der Waals surface area contributed by atoms with Crippen molar-refractivity contribution in [2.75, 3.05) is 22.6 Å². The lowest BCUT2D eigenvalue weighted by atomic mass is 10.1. The molecular weight excluding hydrogens is 271 g/mol. The summed E-state index contributed by atoms with van der Waals surface area (Å²) in [5, 5.41) is 5.52. The molecule has 0 spiro atoms. The fourth-order valence-corrected chi connectivity index (χ4v) is 2.58. The molecule has 0 radical (unpaired) electrons. The quantitative estimate of drug-likeness (QED) is 0.878. The van der Waals surface area contributed by atoms with E-state index in [-0.39, 0.29) is 18.1 Å². The molecule has 19 heavy (non-hydrogen) atoms. The Balaban J connectivity index is 2.19. The van der Waals surface area contributed by atoms with Crippen molar-refractivity contribution in [2.24, 2.45) is 0 Å². The van der Waals surface area contributed by atoms with E-state index < -0.39 is 21.7 Å². The van der Waals surface area contributed by atoms with Crippen LogP contribution in [-0.4, -0.2) is 32.4 Å². The van der Waals surface area contributed by atoms with Gasteiger partial charge in [0.2, 0.25) is 5.91 Å². The van der Waals surface area contributed by atoms with Gasteiger partial charge < -0.3 is 10.6 Å². The van der Waals surface area contributed by atoms with E-state index in [9.17, 15) is 17.6 Å². The van der Waals surface area contributed by atoms with Crippen molar-refractivity contribution in [3.05, 3.63) is 23.5 Å². The summed E-state index contributed by atoms with van der Waals surface area (Å²) in [6.45, 7) is 1.62. The molecule has 1 amide bonds.